The van der Waals surface area contributed by atoms with Crippen molar-refractivity contribution >= 4 is 64.0 Å². The summed E-state index contributed by atoms with van der Waals surface area (Å²) in [6, 6.07) is 17.0. The second-order valence-corrected chi connectivity index (χ2v) is 11.9. The van der Waals surface area contributed by atoms with Crippen LogP contribution in [0, 0.1) is 3.57 Å². The molecule has 3 aromatic carbocycles. The predicted molar refractivity (Wildman–Crippen MR) is 196 cm³/mol. The first kappa shape index (κ1) is 37.1. The zero-order valence-corrected chi connectivity index (χ0v) is 30.4. The molecule has 0 saturated heterocycles. The number of nitrogens with zero attached hydrogens (tertiary/aromatic N) is 1. The van der Waals surface area contributed by atoms with Crippen molar-refractivity contribution < 1.29 is 38.1 Å². The van der Waals surface area contributed by atoms with Gasteiger partial charge in [-0.1, -0.05) is 30.3 Å². The minimum Gasteiger partial charge on any atom is -0.490 e. The molecule has 3 N–H and O–H groups in total. The highest BCUT2D eigenvalue weighted by molar-refractivity contribution is 14.1. The summed E-state index contributed by atoms with van der Waals surface area (Å²) in [6.07, 6.45) is 1.49. The molecule has 0 bridgehead atoms. The molecule has 0 radical (unpaired) electrons. The Morgan fingerprint density at radius 1 is 0.918 bits per heavy atom. The van der Waals surface area contributed by atoms with Gasteiger partial charge in [0.05, 0.1) is 46.8 Å². The zero-order valence-electron chi connectivity index (χ0n) is 27.5. The number of thiocarbonyl (C=S) groups is 1. The van der Waals surface area contributed by atoms with Crippen molar-refractivity contribution in [2.45, 2.75) is 40.3 Å². The maximum absolute atomic E-state index is 12.8. The third kappa shape index (κ3) is 10.2. The Morgan fingerprint density at radius 3 is 2.35 bits per heavy atom. The van der Waals surface area contributed by atoms with E-state index in [-0.39, 0.29) is 25.8 Å². The van der Waals surface area contributed by atoms with Gasteiger partial charge in [-0.3, -0.25) is 4.79 Å². The molecule has 4 rings (SSSR count). The number of benzene rings is 3. The normalized spacial score (nSPS) is 14.1. The van der Waals surface area contributed by atoms with Gasteiger partial charge in [0.25, 0.3) is 5.91 Å². The van der Waals surface area contributed by atoms with E-state index >= 15 is 0 Å². The van der Waals surface area contributed by atoms with Crippen LogP contribution in [0.4, 0.5) is 0 Å². The molecule has 0 fully saturated rings. The SMILES string of the molecule is CCOC(=O)C1=C(C)NC(=S)N[C@H]1c1ccccc1OCC(=O)NN=Cc1cc(I)c(OCc2ccc(C(=O)OCC)cc2)c(OCC)c1. The van der Waals surface area contributed by atoms with Crippen LogP contribution in [0.3, 0.4) is 0 Å². The summed E-state index contributed by atoms with van der Waals surface area (Å²) in [5.74, 6) is 0.112. The molecule has 0 unspecified atom stereocenters. The minimum atomic E-state index is -0.643. The van der Waals surface area contributed by atoms with Gasteiger partial charge in [0.1, 0.15) is 12.4 Å². The van der Waals surface area contributed by atoms with E-state index in [4.69, 9.17) is 35.9 Å². The van der Waals surface area contributed by atoms with Gasteiger partial charge in [-0.05, 0) is 104 Å². The summed E-state index contributed by atoms with van der Waals surface area (Å²) in [5.41, 5.74) is 6.03. The highest BCUT2D eigenvalue weighted by atomic mass is 127. The first-order valence-electron chi connectivity index (χ1n) is 15.5. The summed E-state index contributed by atoms with van der Waals surface area (Å²) in [4.78, 5) is 37.4. The Bertz CT molecular complexity index is 1750. The molecule has 3 aromatic rings. The topological polar surface area (TPSA) is 146 Å². The number of ether oxygens (including phenoxy) is 5. The van der Waals surface area contributed by atoms with Gasteiger partial charge in [-0.25, -0.2) is 15.0 Å². The van der Waals surface area contributed by atoms with Crippen LogP contribution in [0.5, 0.6) is 17.2 Å². The highest BCUT2D eigenvalue weighted by Gasteiger charge is 2.32. The van der Waals surface area contributed by atoms with Crippen molar-refractivity contribution in [2.24, 2.45) is 5.10 Å². The van der Waals surface area contributed by atoms with Gasteiger partial charge in [-0.2, -0.15) is 5.10 Å². The molecule has 0 saturated carbocycles. The van der Waals surface area contributed by atoms with Crippen LogP contribution < -0.4 is 30.3 Å². The lowest BCUT2D eigenvalue weighted by molar-refractivity contribution is -0.139. The lowest BCUT2D eigenvalue weighted by Gasteiger charge is -2.30. The van der Waals surface area contributed by atoms with Crippen molar-refractivity contribution in [3.05, 3.63) is 97.8 Å². The van der Waals surface area contributed by atoms with Crippen molar-refractivity contribution in [3.8, 4) is 17.2 Å². The van der Waals surface area contributed by atoms with Crippen LogP contribution >= 0.6 is 34.8 Å². The fraction of sp³-hybridized carbons (Fsp3) is 0.286. The summed E-state index contributed by atoms with van der Waals surface area (Å²) < 4.78 is 28.9. The Kier molecular flexibility index (Phi) is 13.8. The number of nitrogens with one attached hydrogen (secondary N) is 3. The Labute approximate surface area is 303 Å². The number of halogens is 1. The molecule has 12 nitrogen and oxygen atoms in total. The standard InChI is InChI=1S/C35H37IN4O8S/c1-5-44-28-17-23(16-26(36)32(28)48-19-22-12-14-24(15-13-22)33(42)45-6-2)18-37-40-29(41)20-47-27-11-9-8-10-25(27)31-30(34(43)46-7-3)21(4)38-35(49)39-31/h8-18,31H,5-7,19-20H2,1-4H3,(H,40,41)(H2,38,39,49)/t31-/m0/s1. The largest absolute Gasteiger partial charge is 0.490 e. The number of esters is 2. The Hall–Kier alpha value is -4.70. The van der Waals surface area contributed by atoms with Crippen LogP contribution in [0.1, 0.15) is 60.8 Å². The number of carbonyl (C=O) groups excluding carboxylic acids is 3. The average molecular weight is 801 g/mol. The predicted octanol–water partition coefficient (Wildman–Crippen LogP) is 5.33. The number of hydrogen-bond donors (Lipinski definition) is 3. The van der Waals surface area contributed by atoms with Gasteiger partial charge >= 0.3 is 11.9 Å². The molecule has 49 heavy (non-hydrogen) atoms. The van der Waals surface area contributed by atoms with E-state index < -0.39 is 17.9 Å². The van der Waals surface area contributed by atoms with Crippen LogP contribution in [0.25, 0.3) is 0 Å². The minimum absolute atomic E-state index is 0.214. The molecule has 0 spiro atoms. The highest BCUT2D eigenvalue weighted by Crippen LogP contribution is 2.35. The molecular weight excluding hydrogens is 763 g/mol. The maximum Gasteiger partial charge on any atom is 0.338 e. The lowest BCUT2D eigenvalue weighted by Crippen LogP contribution is -2.45. The van der Waals surface area contributed by atoms with E-state index in [1.54, 1.807) is 63.2 Å². The Morgan fingerprint density at radius 2 is 1.63 bits per heavy atom. The molecule has 0 aromatic heterocycles. The number of amides is 1. The van der Waals surface area contributed by atoms with Gasteiger partial charge in [0, 0.05) is 11.3 Å². The number of hydrogen-bond acceptors (Lipinski definition) is 10. The first-order valence-corrected chi connectivity index (χ1v) is 17.0. The molecule has 1 aliphatic rings. The van der Waals surface area contributed by atoms with Crippen molar-refractivity contribution in [1.82, 2.24) is 16.1 Å². The van der Waals surface area contributed by atoms with Crippen LogP contribution in [0.2, 0.25) is 0 Å². The second-order valence-electron chi connectivity index (χ2n) is 10.4. The number of rotatable bonds is 15. The first-order chi connectivity index (χ1) is 23.6. The second kappa shape index (κ2) is 18.2. The number of para-hydroxylation sites is 1. The molecule has 258 valence electrons. The van der Waals surface area contributed by atoms with Crippen molar-refractivity contribution in [1.29, 1.82) is 0 Å². The molecule has 14 heteroatoms. The number of allylic oxidation sites excluding steroid dienone is 1. The fourth-order valence-corrected chi connectivity index (χ4v) is 5.84. The summed E-state index contributed by atoms with van der Waals surface area (Å²) >= 11 is 7.48. The summed E-state index contributed by atoms with van der Waals surface area (Å²) in [7, 11) is 0. The number of carbonyl (C=O) groups is 3. The maximum atomic E-state index is 12.8. The molecule has 1 heterocycles. The lowest BCUT2D eigenvalue weighted by atomic mass is 9.95. The van der Waals surface area contributed by atoms with Crippen LogP contribution in [-0.4, -0.2) is 55.6 Å². The van der Waals surface area contributed by atoms with E-state index in [9.17, 15) is 14.4 Å². The van der Waals surface area contributed by atoms with Gasteiger partial charge < -0.3 is 34.3 Å². The van der Waals surface area contributed by atoms with Crippen molar-refractivity contribution in [2.75, 3.05) is 26.4 Å². The summed E-state index contributed by atoms with van der Waals surface area (Å²) in [6.45, 7) is 7.96. The summed E-state index contributed by atoms with van der Waals surface area (Å²) in [5, 5.41) is 10.5. The third-order valence-corrected chi connectivity index (χ3v) is 7.96. The average Bonchev–Trinajstić information content (AvgIpc) is 3.07. The molecule has 1 atom stereocenters. The van der Waals surface area contributed by atoms with E-state index in [0.717, 1.165) is 9.13 Å². The zero-order chi connectivity index (χ0) is 35.3. The van der Waals surface area contributed by atoms with Gasteiger partial charge in [0.15, 0.2) is 23.2 Å². The molecular formula is C35H37IN4O8S. The van der Waals surface area contributed by atoms with Gasteiger partial charge in [0.2, 0.25) is 0 Å². The molecule has 1 amide bonds. The number of hydrazone groups is 1. The van der Waals surface area contributed by atoms with E-state index in [1.165, 1.54) is 6.21 Å². The molecule has 1 aliphatic heterocycles. The smallest absolute Gasteiger partial charge is 0.338 e. The van der Waals surface area contributed by atoms with E-state index in [0.29, 0.717) is 63.5 Å². The monoisotopic (exact) mass is 800 g/mol. The van der Waals surface area contributed by atoms with Crippen molar-refractivity contribution in [3.63, 3.8) is 0 Å². The van der Waals surface area contributed by atoms with Crippen LogP contribution in [0.15, 0.2) is 77.0 Å². The van der Waals surface area contributed by atoms with E-state index in [1.807, 2.05) is 25.1 Å². The van der Waals surface area contributed by atoms with E-state index in [2.05, 4.69) is 43.8 Å². The van der Waals surface area contributed by atoms with Gasteiger partial charge in [-0.15, -0.1) is 0 Å². The quantitative estimate of drug-likeness (QED) is 0.0603. The Balaban J connectivity index is 1.39. The third-order valence-electron chi connectivity index (χ3n) is 6.94. The molecule has 0 aliphatic carbocycles. The van der Waals surface area contributed by atoms with Crippen LogP contribution in [-0.2, 0) is 25.7 Å². The fourth-order valence-electron chi connectivity index (χ4n) is 4.78.